The molecule has 0 bridgehead atoms. The van der Waals surface area contributed by atoms with Gasteiger partial charge in [0.1, 0.15) is 0 Å². The van der Waals surface area contributed by atoms with Crippen LogP contribution >= 0.6 is 11.6 Å². The van der Waals surface area contributed by atoms with Crippen LogP contribution in [0.25, 0.3) is 16.7 Å². The summed E-state index contributed by atoms with van der Waals surface area (Å²) in [5.41, 5.74) is 6.61. The molecule has 0 aliphatic rings. The molecule has 2 N–H and O–H groups in total. The molecule has 0 spiro atoms. The Morgan fingerprint density at radius 3 is 2.86 bits per heavy atom. The number of para-hydroxylation sites is 1. The average Bonchev–Trinajstić information content (AvgIpc) is 2.87. The minimum atomic E-state index is -0.510. The van der Waals surface area contributed by atoms with E-state index in [0.29, 0.717) is 17.1 Å². The van der Waals surface area contributed by atoms with E-state index >= 15 is 0 Å². The molecular weight excluding hydrogens is 292 g/mol. The SMILES string of the molecule is COc1cnc(Cl)nc1-n1cc(C(N)=O)c2ccccc21. The molecule has 0 saturated carbocycles. The van der Waals surface area contributed by atoms with Gasteiger partial charge in [0.25, 0.3) is 5.91 Å². The van der Waals surface area contributed by atoms with Crippen molar-refractivity contribution in [3.05, 3.63) is 47.5 Å². The molecule has 0 radical (unpaired) electrons. The standard InChI is InChI=1S/C14H11ClN4O2/c1-21-11-6-17-14(15)18-13(11)19-7-9(12(16)20)8-4-2-3-5-10(8)19/h2-7H,1H3,(H2,16,20). The molecule has 1 aromatic carbocycles. The lowest BCUT2D eigenvalue weighted by Crippen LogP contribution is -2.10. The van der Waals surface area contributed by atoms with Crippen molar-refractivity contribution in [2.75, 3.05) is 7.11 Å². The molecule has 1 amide bonds. The zero-order valence-electron chi connectivity index (χ0n) is 11.1. The smallest absolute Gasteiger partial charge is 0.250 e. The fraction of sp³-hybridized carbons (Fsp3) is 0.0714. The van der Waals surface area contributed by atoms with Gasteiger partial charge in [-0.25, -0.2) is 4.98 Å². The maximum absolute atomic E-state index is 11.6. The van der Waals surface area contributed by atoms with E-state index in [0.717, 1.165) is 10.9 Å². The van der Waals surface area contributed by atoms with Gasteiger partial charge in [-0.15, -0.1) is 0 Å². The van der Waals surface area contributed by atoms with Crippen molar-refractivity contribution in [2.24, 2.45) is 5.73 Å². The lowest BCUT2D eigenvalue weighted by atomic mass is 10.2. The highest BCUT2D eigenvalue weighted by molar-refractivity contribution is 6.28. The number of ether oxygens (including phenoxy) is 1. The number of primary amides is 1. The van der Waals surface area contributed by atoms with Crippen LogP contribution in [0.4, 0.5) is 0 Å². The number of halogens is 1. The molecule has 3 aromatic rings. The van der Waals surface area contributed by atoms with Crippen molar-refractivity contribution in [2.45, 2.75) is 0 Å². The Morgan fingerprint density at radius 2 is 2.14 bits per heavy atom. The van der Waals surface area contributed by atoms with Crippen LogP contribution in [0.2, 0.25) is 5.28 Å². The third kappa shape index (κ3) is 2.19. The van der Waals surface area contributed by atoms with Crippen molar-refractivity contribution in [3.63, 3.8) is 0 Å². The third-order valence-electron chi connectivity index (χ3n) is 3.13. The van der Waals surface area contributed by atoms with Gasteiger partial charge in [0.2, 0.25) is 5.28 Å². The van der Waals surface area contributed by atoms with E-state index < -0.39 is 5.91 Å². The molecule has 0 saturated heterocycles. The molecule has 6 nitrogen and oxygen atoms in total. The Balaban J connectivity index is 2.36. The van der Waals surface area contributed by atoms with Crippen LogP contribution in [-0.2, 0) is 0 Å². The lowest BCUT2D eigenvalue weighted by Gasteiger charge is -2.09. The van der Waals surface area contributed by atoms with Gasteiger partial charge in [0, 0.05) is 11.6 Å². The molecular formula is C14H11ClN4O2. The zero-order valence-corrected chi connectivity index (χ0v) is 11.8. The Bertz CT molecular complexity index is 844. The minimum absolute atomic E-state index is 0.0872. The first-order chi connectivity index (χ1) is 10.1. The van der Waals surface area contributed by atoms with Crippen LogP contribution in [-0.4, -0.2) is 27.6 Å². The van der Waals surface area contributed by atoms with Crippen molar-refractivity contribution >= 4 is 28.4 Å². The number of carbonyl (C=O) groups excluding carboxylic acids is 1. The molecule has 21 heavy (non-hydrogen) atoms. The van der Waals surface area contributed by atoms with Crippen molar-refractivity contribution in [3.8, 4) is 11.6 Å². The number of rotatable bonds is 3. The zero-order chi connectivity index (χ0) is 15.0. The summed E-state index contributed by atoms with van der Waals surface area (Å²) >= 11 is 5.86. The largest absolute Gasteiger partial charge is 0.491 e. The van der Waals surface area contributed by atoms with E-state index in [2.05, 4.69) is 9.97 Å². The molecule has 7 heteroatoms. The topological polar surface area (TPSA) is 83.0 Å². The van der Waals surface area contributed by atoms with Crippen LogP contribution < -0.4 is 10.5 Å². The van der Waals surface area contributed by atoms with E-state index in [-0.39, 0.29) is 5.28 Å². The van der Waals surface area contributed by atoms with Gasteiger partial charge in [-0.2, -0.15) is 4.98 Å². The van der Waals surface area contributed by atoms with Gasteiger partial charge in [0.15, 0.2) is 11.6 Å². The summed E-state index contributed by atoms with van der Waals surface area (Å²) in [7, 11) is 1.51. The highest BCUT2D eigenvalue weighted by atomic mass is 35.5. The number of aromatic nitrogens is 3. The number of nitrogens with two attached hydrogens (primary N) is 1. The first kappa shape index (κ1) is 13.4. The van der Waals surface area contributed by atoms with Gasteiger partial charge >= 0.3 is 0 Å². The van der Waals surface area contributed by atoms with Crippen LogP contribution in [0.1, 0.15) is 10.4 Å². The first-order valence-electron chi connectivity index (χ1n) is 6.08. The Labute approximate surface area is 125 Å². The molecule has 0 atom stereocenters. The number of fused-ring (bicyclic) bond motifs is 1. The summed E-state index contributed by atoms with van der Waals surface area (Å²) in [6, 6.07) is 7.38. The number of hydrogen-bond acceptors (Lipinski definition) is 4. The molecule has 0 fully saturated rings. The Kier molecular flexibility index (Phi) is 3.23. The summed E-state index contributed by atoms with van der Waals surface area (Å²) in [6.07, 6.45) is 3.09. The highest BCUT2D eigenvalue weighted by Gasteiger charge is 2.17. The molecule has 106 valence electrons. The molecule has 0 aliphatic carbocycles. The van der Waals surface area contributed by atoms with Crippen LogP contribution in [0.15, 0.2) is 36.7 Å². The van der Waals surface area contributed by atoms with Crippen molar-refractivity contribution < 1.29 is 9.53 Å². The number of methoxy groups -OCH3 is 1. The van der Waals surface area contributed by atoms with Crippen molar-refractivity contribution in [1.82, 2.24) is 14.5 Å². The summed E-state index contributed by atoms with van der Waals surface area (Å²) in [5, 5.41) is 0.825. The second kappa shape index (κ2) is 5.06. The third-order valence-corrected chi connectivity index (χ3v) is 3.31. The number of nitrogens with zero attached hydrogens (tertiary/aromatic N) is 3. The molecule has 0 aliphatic heterocycles. The maximum Gasteiger partial charge on any atom is 0.250 e. The Hall–Kier alpha value is -2.60. The number of benzene rings is 1. The predicted molar refractivity (Wildman–Crippen MR) is 78.9 cm³/mol. The van der Waals surface area contributed by atoms with E-state index in [4.69, 9.17) is 22.1 Å². The van der Waals surface area contributed by atoms with Crippen LogP contribution in [0.5, 0.6) is 5.75 Å². The maximum atomic E-state index is 11.6. The fourth-order valence-corrected chi connectivity index (χ4v) is 2.34. The second-order valence-corrected chi connectivity index (χ2v) is 4.66. The highest BCUT2D eigenvalue weighted by Crippen LogP contribution is 2.28. The average molecular weight is 303 g/mol. The first-order valence-corrected chi connectivity index (χ1v) is 6.46. The van der Waals surface area contributed by atoms with Gasteiger partial charge in [-0.3, -0.25) is 9.36 Å². The van der Waals surface area contributed by atoms with Crippen LogP contribution in [0.3, 0.4) is 0 Å². The summed E-state index contributed by atoms with van der Waals surface area (Å²) < 4.78 is 6.96. The number of carbonyl (C=O) groups is 1. The molecule has 2 aromatic heterocycles. The molecule has 3 rings (SSSR count). The predicted octanol–water partition coefficient (Wildman–Crippen LogP) is 2.18. The summed E-state index contributed by atoms with van der Waals surface area (Å²) in [5.74, 6) is 0.376. The molecule has 0 unspecified atom stereocenters. The van der Waals surface area contributed by atoms with Crippen LogP contribution in [0, 0.1) is 0 Å². The van der Waals surface area contributed by atoms with E-state index in [1.54, 1.807) is 10.8 Å². The fourth-order valence-electron chi connectivity index (χ4n) is 2.21. The molecule has 2 heterocycles. The monoisotopic (exact) mass is 302 g/mol. The second-order valence-electron chi connectivity index (χ2n) is 4.33. The number of amides is 1. The Morgan fingerprint density at radius 1 is 1.38 bits per heavy atom. The summed E-state index contributed by atoms with van der Waals surface area (Å²) in [4.78, 5) is 19.7. The normalized spacial score (nSPS) is 10.8. The minimum Gasteiger partial charge on any atom is -0.491 e. The quantitative estimate of drug-likeness (QED) is 0.752. The van der Waals surface area contributed by atoms with Gasteiger partial charge in [-0.1, -0.05) is 18.2 Å². The van der Waals surface area contributed by atoms with Crippen molar-refractivity contribution in [1.29, 1.82) is 0 Å². The number of hydrogen-bond donors (Lipinski definition) is 1. The van der Waals surface area contributed by atoms with E-state index in [1.165, 1.54) is 13.3 Å². The van der Waals surface area contributed by atoms with Gasteiger partial charge in [-0.05, 0) is 17.7 Å². The van der Waals surface area contributed by atoms with E-state index in [1.807, 2.05) is 24.3 Å². The lowest BCUT2D eigenvalue weighted by molar-refractivity contribution is 0.100. The van der Waals surface area contributed by atoms with Gasteiger partial charge < -0.3 is 10.5 Å². The van der Waals surface area contributed by atoms with Gasteiger partial charge in [0.05, 0.1) is 24.4 Å². The summed E-state index contributed by atoms with van der Waals surface area (Å²) in [6.45, 7) is 0. The van der Waals surface area contributed by atoms with E-state index in [9.17, 15) is 4.79 Å².